The molecule has 0 aromatic carbocycles. The Kier molecular flexibility index (Phi) is 4.36. The molecule has 1 aromatic rings. The summed E-state index contributed by atoms with van der Waals surface area (Å²) in [6.07, 6.45) is 8.98. The molecule has 1 unspecified atom stereocenters. The van der Waals surface area contributed by atoms with Crippen molar-refractivity contribution < 1.29 is 0 Å². The lowest BCUT2D eigenvalue weighted by atomic mass is 10.1. The molecular weight excluding hydrogens is 200 g/mol. The Labute approximate surface area is 97.4 Å². The Balaban J connectivity index is 1.75. The zero-order valence-electron chi connectivity index (χ0n) is 9.89. The Morgan fingerprint density at radius 1 is 1.38 bits per heavy atom. The van der Waals surface area contributed by atoms with Crippen LogP contribution < -0.4 is 5.73 Å². The van der Waals surface area contributed by atoms with E-state index in [-0.39, 0.29) is 0 Å². The largest absolute Gasteiger partial charge is 0.330 e. The number of hydrogen-bond donors (Lipinski definition) is 1. The molecule has 4 heteroatoms. The lowest BCUT2D eigenvalue weighted by Gasteiger charge is -2.24. The molecular formula is C12H22N4. The fourth-order valence-corrected chi connectivity index (χ4v) is 2.53. The summed E-state index contributed by atoms with van der Waals surface area (Å²) in [5.41, 5.74) is 5.57. The summed E-state index contributed by atoms with van der Waals surface area (Å²) in [5, 5.41) is 4.23. The van der Waals surface area contributed by atoms with Crippen LogP contribution in [-0.4, -0.2) is 40.4 Å². The highest BCUT2D eigenvalue weighted by molar-refractivity contribution is 4.81. The smallest absolute Gasteiger partial charge is 0.0536 e. The normalized spacial score (nSPS) is 21.7. The van der Waals surface area contributed by atoms with Gasteiger partial charge < -0.3 is 5.73 Å². The van der Waals surface area contributed by atoms with Crippen molar-refractivity contribution in [3.63, 3.8) is 0 Å². The summed E-state index contributed by atoms with van der Waals surface area (Å²) in [4.78, 5) is 2.59. The van der Waals surface area contributed by atoms with Gasteiger partial charge in [-0.15, -0.1) is 0 Å². The average molecular weight is 222 g/mol. The van der Waals surface area contributed by atoms with Crippen molar-refractivity contribution in [1.29, 1.82) is 0 Å². The molecule has 0 aliphatic carbocycles. The lowest BCUT2D eigenvalue weighted by molar-refractivity contribution is 0.228. The van der Waals surface area contributed by atoms with E-state index in [9.17, 15) is 0 Å². The third-order valence-electron chi connectivity index (χ3n) is 3.42. The first-order valence-electron chi connectivity index (χ1n) is 6.31. The van der Waals surface area contributed by atoms with E-state index in [0.29, 0.717) is 0 Å². The summed E-state index contributed by atoms with van der Waals surface area (Å²) in [6, 6.07) is 2.75. The predicted octanol–water partition coefficient (Wildman–Crippen LogP) is 1.09. The first-order valence-corrected chi connectivity index (χ1v) is 6.31. The maximum Gasteiger partial charge on any atom is 0.0536 e. The van der Waals surface area contributed by atoms with Crippen LogP contribution in [-0.2, 0) is 6.54 Å². The van der Waals surface area contributed by atoms with Crippen LogP contribution in [0.2, 0.25) is 0 Å². The van der Waals surface area contributed by atoms with Gasteiger partial charge in [0.2, 0.25) is 0 Å². The third-order valence-corrected chi connectivity index (χ3v) is 3.42. The standard InChI is InChI=1S/C12H22N4/c13-6-1-4-12-5-2-8-15(12)10-11-16-9-3-7-14-16/h3,7,9,12H,1-2,4-6,8,10-11,13H2. The van der Waals surface area contributed by atoms with Gasteiger partial charge in [-0.2, -0.15) is 5.10 Å². The minimum atomic E-state index is 0.763. The predicted molar refractivity (Wildman–Crippen MR) is 65.1 cm³/mol. The van der Waals surface area contributed by atoms with Gasteiger partial charge in [-0.25, -0.2) is 0 Å². The molecule has 0 spiro atoms. The van der Waals surface area contributed by atoms with E-state index >= 15 is 0 Å². The van der Waals surface area contributed by atoms with Gasteiger partial charge in [0.1, 0.15) is 0 Å². The molecule has 0 amide bonds. The van der Waals surface area contributed by atoms with Crippen molar-refractivity contribution in [3.05, 3.63) is 18.5 Å². The topological polar surface area (TPSA) is 47.1 Å². The second kappa shape index (κ2) is 6.01. The van der Waals surface area contributed by atoms with Crippen LogP contribution in [0.1, 0.15) is 25.7 Å². The van der Waals surface area contributed by atoms with Crippen LogP contribution in [0.5, 0.6) is 0 Å². The van der Waals surface area contributed by atoms with E-state index in [0.717, 1.165) is 32.1 Å². The zero-order valence-corrected chi connectivity index (χ0v) is 9.89. The van der Waals surface area contributed by atoms with E-state index in [1.165, 1.54) is 25.8 Å². The molecule has 1 aliphatic rings. The van der Waals surface area contributed by atoms with E-state index in [2.05, 4.69) is 10.00 Å². The van der Waals surface area contributed by atoms with E-state index < -0.39 is 0 Å². The van der Waals surface area contributed by atoms with Gasteiger partial charge in [-0.05, 0) is 44.8 Å². The minimum Gasteiger partial charge on any atom is -0.330 e. The van der Waals surface area contributed by atoms with Crippen LogP contribution in [0.4, 0.5) is 0 Å². The first-order chi connectivity index (χ1) is 7.90. The molecule has 0 saturated carbocycles. The average Bonchev–Trinajstić information content (AvgIpc) is 2.94. The van der Waals surface area contributed by atoms with Gasteiger partial charge in [0.05, 0.1) is 6.54 Å². The van der Waals surface area contributed by atoms with Gasteiger partial charge >= 0.3 is 0 Å². The van der Waals surface area contributed by atoms with Crippen molar-refractivity contribution >= 4 is 0 Å². The lowest BCUT2D eigenvalue weighted by Crippen LogP contribution is -2.32. The summed E-state index contributed by atoms with van der Waals surface area (Å²) >= 11 is 0. The second-order valence-electron chi connectivity index (χ2n) is 4.53. The van der Waals surface area contributed by atoms with E-state index in [4.69, 9.17) is 5.73 Å². The number of aromatic nitrogens is 2. The molecule has 2 N–H and O–H groups in total. The molecule has 1 fully saturated rings. The molecule has 1 aliphatic heterocycles. The molecule has 0 radical (unpaired) electrons. The van der Waals surface area contributed by atoms with Gasteiger partial charge in [0.15, 0.2) is 0 Å². The molecule has 2 heterocycles. The molecule has 0 bridgehead atoms. The molecule has 4 nitrogen and oxygen atoms in total. The van der Waals surface area contributed by atoms with Crippen LogP contribution >= 0.6 is 0 Å². The minimum absolute atomic E-state index is 0.763. The van der Waals surface area contributed by atoms with E-state index in [1.54, 1.807) is 0 Å². The van der Waals surface area contributed by atoms with Crippen molar-refractivity contribution in [1.82, 2.24) is 14.7 Å². The molecule has 1 aromatic heterocycles. The van der Waals surface area contributed by atoms with Crippen LogP contribution in [0.15, 0.2) is 18.5 Å². The van der Waals surface area contributed by atoms with Crippen LogP contribution in [0, 0.1) is 0 Å². The summed E-state index contributed by atoms with van der Waals surface area (Å²) in [5.74, 6) is 0. The maximum atomic E-state index is 5.57. The molecule has 1 saturated heterocycles. The molecule has 90 valence electrons. The number of hydrogen-bond acceptors (Lipinski definition) is 3. The molecule has 2 rings (SSSR count). The summed E-state index contributed by atoms with van der Waals surface area (Å²) in [6.45, 7) is 4.20. The van der Waals surface area contributed by atoms with Crippen LogP contribution in [0.3, 0.4) is 0 Å². The molecule has 1 atom stereocenters. The fourth-order valence-electron chi connectivity index (χ4n) is 2.53. The summed E-state index contributed by atoms with van der Waals surface area (Å²) in [7, 11) is 0. The Bertz CT molecular complexity index is 283. The zero-order chi connectivity index (χ0) is 11.2. The second-order valence-corrected chi connectivity index (χ2v) is 4.53. The SMILES string of the molecule is NCCCC1CCCN1CCn1cccn1. The number of likely N-dealkylation sites (tertiary alicyclic amines) is 1. The number of nitrogens with zero attached hydrogens (tertiary/aromatic N) is 3. The van der Waals surface area contributed by atoms with Gasteiger partial charge in [-0.1, -0.05) is 0 Å². The van der Waals surface area contributed by atoms with Crippen molar-refractivity contribution in [2.75, 3.05) is 19.6 Å². The number of rotatable bonds is 6. The van der Waals surface area contributed by atoms with Crippen molar-refractivity contribution in [2.24, 2.45) is 5.73 Å². The van der Waals surface area contributed by atoms with E-state index in [1.807, 2.05) is 23.1 Å². The fraction of sp³-hybridized carbons (Fsp3) is 0.750. The van der Waals surface area contributed by atoms with Crippen molar-refractivity contribution in [3.8, 4) is 0 Å². The van der Waals surface area contributed by atoms with Crippen LogP contribution in [0.25, 0.3) is 0 Å². The number of nitrogens with two attached hydrogens (primary N) is 1. The Morgan fingerprint density at radius 2 is 2.31 bits per heavy atom. The third kappa shape index (κ3) is 3.06. The first kappa shape index (κ1) is 11.6. The molecule has 16 heavy (non-hydrogen) atoms. The van der Waals surface area contributed by atoms with Gasteiger partial charge in [-0.3, -0.25) is 9.58 Å². The van der Waals surface area contributed by atoms with Gasteiger partial charge in [0.25, 0.3) is 0 Å². The Hall–Kier alpha value is -0.870. The highest BCUT2D eigenvalue weighted by Crippen LogP contribution is 2.20. The quantitative estimate of drug-likeness (QED) is 0.783. The summed E-state index contributed by atoms with van der Waals surface area (Å²) < 4.78 is 2.01. The maximum absolute atomic E-state index is 5.57. The highest BCUT2D eigenvalue weighted by atomic mass is 15.3. The van der Waals surface area contributed by atoms with Gasteiger partial charge in [0, 0.05) is 25.0 Å². The highest BCUT2D eigenvalue weighted by Gasteiger charge is 2.23. The Morgan fingerprint density at radius 3 is 3.06 bits per heavy atom. The monoisotopic (exact) mass is 222 g/mol. The van der Waals surface area contributed by atoms with Crippen molar-refractivity contribution in [2.45, 2.75) is 38.3 Å².